The number of amides is 1. The molecule has 2 aromatic rings. The highest BCUT2D eigenvalue weighted by atomic mass is 31.1. The topological polar surface area (TPSA) is 185 Å². The number of carbonyl (C=O) groups excluding carboxylic acids is 1. The van der Waals surface area contributed by atoms with Crippen LogP contribution in [0.25, 0.3) is 6.08 Å². The number of nitrogens with two attached hydrogens (primary N) is 1. The van der Waals surface area contributed by atoms with Crippen molar-refractivity contribution in [1.82, 2.24) is 24.8 Å². The summed E-state index contributed by atoms with van der Waals surface area (Å²) in [6.45, 7) is 0.122. The van der Waals surface area contributed by atoms with Gasteiger partial charge in [-0.25, -0.2) is 9.78 Å². The fourth-order valence-corrected chi connectivity index (χ4v) is 3.64. The summed E-state index contributed by atoms with van der Waals surface area (Å²) >= 11 is 0. The van der Waals surface area contributed by atoms with Crippen LogP contribution in [0.3, 0.4) is 0 Å². The average molecular weight is 450 g/mol. The molecule has 0 saturated carbocycles. The molecule has 0 radical (unpaired) electrons. The molecule has 166 valence electrons. The molecule has 2 aromatic heterocycles. The third-order valence-electron chi connectivity index (χ3n) is 4.79. The predicted molar refractivity (Wildman–Crippen MR) is 111 cm³/mol. The second kappa shape index (κ2) is 10.4. The van der Waals surface area contributed by atoms with Gasteiger partial charge in [0.05, 0.1) is 36.3 Å². The fourth-order valence-electron chi connectivity index (χ4n) is 3.16. The standard InChI is InChI=1S/C18H23N6O6P/c19-12(4-11-6-20-9-22-11)17(27)21-3-1-2-10-7-24(18(28)23-16(10)26)15-5-13(25)14(30-15)8-31-29/h1-2,6-7,9,12-15,25H,3-5,8,19H2,(H,20,22)(H,21,27)(H,23,26,28). The molecule has 0 spiro atoms. The lowest BCUT2D eigenvalue weighted by Gasteiger charge is -2.14. The minimum atomic E-state index is -0.870. The van der Waals surface area contributed by atoms with Crippen LogP contribution < -0.4 is 22.3 Å². The van der Waals surface area contributed by atoms with Crippen molar-refractivity contribution >= 4 is 20.4 Å². The Hall–Kier alpha value is -2.92. The highest BCUT2D eigenvalue weighted by Gasteiger charge is 2.35. The quantitative estimate of drug-likeness (QED) is 0.298. The summed E-state index contributed by atoms with van der Waals surface area (Å²) in [4.78, 5) is 45.2. The van der Waals surface area contributed by atoms with Gasteiger partial charge in [-0.1, -0.05) is 12.2 Å². The Morgan fingerprint density at radius 1 is 1.52 bits per heavy atom. The third kappa shape index (κ3) is 5.82. The second-order valence-electron chi connectivity index (χ2n) is 7.03. The fraction of sp³-hybridized carbons (Fsp3) is 0.444. The van der Waals surface area contributed by atoms with Crippen LogP contribution in [0, 0.1) is 0 Å². The first-order valence-electron chi connectivity index (χ1n) is 9.54. The maximum absolute atomic E-state index is 12.2. The summed E-state index contributed by atoms with van der Waals surface area (Å²) < 4.78 is 17.5. The summed E-state index contributed by atoms with van der Waals surface area (Å²) in [6, 6.07) is -0.758. The van der Waals surface area contributed by atoms with Crippen LogP contribution in [-0.4, -0.2) is 61.5 Å². The van der Waals surface area contributed by atoms with Crippen LogP contribution in [0.1, 0.15) is 23.9 Å². The number of nitrogens with zero attached hydrogens (tertiary/aromatic N) is 2. The highest BCUT2D eigenvalue weighted by Crippen LogP contribution is 2.29. The molecule has 3 heterocycles. The van der Waals surface area contributed by atoms with Gasteiger partial charge in [-0.3, -0.25) is 23.7 Å². The lowest BCUT2D eigenvalue weighted by molar-refractivity contribution is -0.122. The van der Waals surface area contributed by atoms with E-state index in [-0.39, 0.29) is 39.1 Å². The molecule has 4 atom stereocenters. The summed E-state index contributed by atoms with van der Waals surface area (Å²) in [5.74, 6) is -0.366. The van der Waals surface area contributed by atoms with Crippen molar-refractivity contribution in [3.63, 3.8) is 0 Å². The van der Waals surface area contributed by atoms with E-state index < -0.39 is 35.7 Å². The van der Waals surface area contributed by atoms with E-state index in [1.807, 2.05) is 0 Å². The third-order valence-corrected chi connectivity index (χ3v) is 5.30. The highest BCUT2D eigenvalue weighted by molar-refractivity contribution is 7.23. The molecule has 13 heteroatoms. The van der Waals surface area contributed by atoms with Crippen molar-refractivity contribution in [2.24, 2.45) is 5.73 Å². The van der Waals surface area contributed by atoms with Gasteiger partial charge in [0.25, 0.3) is 5.56 Å². The van der Waals surface area contributed by atoms with Crippen molar-refractivity contribution in [2.45, 2.75) is 37.3 Å². The van der Waals surface area contributed by atoms with E-state index in [0.29, 0.717) is 6.42 Å². The second-order valence-corrected chi connectivity index (χ2v) is 7.65. The monoisotopic (exact) mass is 450 g/mol. The molecule has 1 saturated heterocycles. The van der Waals surface area contributed by atoms with Gasteiger partial charge in [-0.05, 0) is 0 Å². The zero-order valence-electron chi connectivity index (χ0n) is 16.4. The van der Waals surface area contributed by atoms with Gasteiger partial charge in [0.2, 0.25) is 5.91 Å². The summed E-state index contributed by atoms with van der Waals surface area (Å²) in [6.07, 6.45) is 5.61. The van der Waals surface area contributed by atoms with Crippen molar-refractivity contribution in [2.75, 3.05) is 12.7 Å². The first kappa shape index (κ1) is 22.8. The summed E-state index contributed by atoms with van der Waals surface area (Å²) in [7, 11) is -0.172. The lowest BCUT2D eigenvalue weighted by atomic mass is 10.1. The van der Waals surface area contributed by atoms with Gasteiger partial charge in [0, 0.05) is 37.5 Å². The molecule has 1 aliphatic rings. The van der Waals surface area contributed by atoms with E-state index in [4.69, 9.17) is 10.5 Å². The number of aromatic amines is 2. The van der Waals surface area contributed by atoms with E-state index in [1.165, 1.54) is 23.2 Å². The largest absolute Gasteiger partial charge is 0.390 e. The molecule has 4 unspecified atom stereocenters. The van der Waals surface area contributed by atoms with Gasteiger partial charge in [-0.2, -0.15) is 0 Å². The molecule has 1 fully saturated rings. The number of H-pyrrole nitrogens is 2. The number of aromatic nitrogens is 4. The van der Waals surface area contributed by atoms with E-state index in [2.05, 4.69) is 20.3 Å². The molecular formula is C18H23N6O6P. The Bertz CT molecular complexity index is 1050. The minimum Gasteiger partial charge on any atom is -0.390 e. The number of rotatable bonds is 9. The Kier molecular flexibility index (Phi) is 7.64. The van der Waals surface area contributed by atoms with Crippen LogP contribution >= 0.6 is 8.46 Å². The van der Waals surface area contributed by atoms with Crippen LogP contribution in [0.5, 0.6) is 0 Å². The maximum Gasteiger partial charge on any atom is 0.330 e. The number of aliphatic hydroxyl groups is 1. The first-order valence-corrected chi connectivity index (χ1v) is 10.5. The Morgan fingerprint density at radius 3 is 3.03 bits per heavy atom. The van der Waals surface area contributed by atoms with E-state index in [9.17, 15) is 24.1 Å². The van der Waals surface area contributed by atoms with E-state index >= 15 is 0 Å². The van der Waals surface area contributed by atoms with E-state index in [0.717, 1.165) is 5.69 Å². The molecule has 3 rings (SSSR count). The number of ether oxygens (including phenoxy) is 1. The number of aliphatic hydroxyl groups excluding tert-OH is 1. The zero-order valence-corrected chi connectivity index (χ0v) is 17.3. The van der Waals surface area contributed by atoms with Crippen molar-refractivity contribution in [3.05, 3.63) is 56.9 Å². The molecule has 31 heavy (non-hydrogen) atoms. The number of nitrogens with one attached hydrogen (secondary N) is 3. The maximum atomic E-state index is 12.2. The van der Waals surface area contributed by atoms with Gasteiger partial charge < -0.3 is 25.9 Å². The molecule has 6 N–H and O–H groups in total. The molecular weight excluding hydrogens is 427 g/mol. The Morgan fingerprint density at radius 2 is 2.32 bits per heavy atom. The van der Waals surface area contributed by atoms with Gasteiger partial charge >= 0.3 is 5.69 Å². The number of hydrogen-bond donors (Lipinski definition) is 5. The van der Waals surface area contributed by atoms with Crippen LogP contribution in [-0.2, 0) is 20.5 Å². The first-order chi connectivity index (χ1) is 14.9. The number of hydrogen-bond acceptors (Lipinski definition) is 8. The molecule has 1 aliphatic heterocycles. The average Bonchev–Trinajstić information content (AvgIpc) is 3.36. The number of carbonyl (C=O) groups is 1. The molecule has 0 aromatic carbocycles. The zero-order chi connectivity index (χ0) is 22.4. The Labute approximate surface area is 177 Å². The van der Waals surface area contributed by atoms with Crippen molar-refractivity contribution in [3.8, 4) is 0 Å². The SMILES string of the molecule is NC(Cc1cnc[nH]1)C(=O)NCC=Cc1cn(C2CC(O)C(CP=O)O2)c(=O)[nH]c1=O. The predicted octanol–water partition coefficient (Wildman–Crippen LogP) is -1.10. The summed E-state index contributed by atoms with van der Waals surface area (Å²) in [5.41, 5.74) is 5.46. The van der Waals surface area contributed by atoms with Crippen molar-refractivity contribution in [1.29, 1.82) is 0 Å². The van der Waals surface area contributed by atoms with Gasteiger partial charge in [0.1, 0.15) is 6.23 Å². The molecule has 12 nitrogen and oxygen atoms in total. The molecule has 1 amide bonds. The minimum absolute atomic E-state index is 0.102. The van der Waals surface area contributed by atoms with Crippen LogP contribution in [0.4, 0.5) is 0 Å². The molecule has 0 bridgehead atoms. The normalized spacial score (nSPS) is 22.2. The smallest absolute Gasteiger partial charge is 0.330 e. The molecule has 0 aliphatic carbocycles. The lowest BCUT2D eigenvalue weighted by Crippen LogP contribution is -2.42. The van der Waals surface area contributed by atoms with Crippen LogP contribution in [0.2, 0.25) is 0 Å². The van der Waals surface area contributed by atoms with Gasteiger partial charge in [0.15, 0.2) is 8.46 Å². The summed E-state index contributed by atoms with van der Waals surface area (Å²) in [5, 5.41) is 12.6. The number of imidazole rings is 1. The van der Waals surface area contributed by atoms with E-state index in [1.54, 1.807) is 12.3 Å². The van der Waals surface area contributed by atoms with Gasteiger partial charge in [-0.15, -0.1) is 0 Å². The van der Waals surface area contributed by atoms with Crippen molar-refractivity contribution < 1.29 is 19.2 Å². The van der Waals surface area contributed by atoms with Crippen LogP contribution in [0.15, 0.2) is 34.4 Å². The Balaban J connectivity index is 1.61.